The average Bonchev–Trinajstić information content (AvgIpc) is 2.76. The van der Waals surface area contributed by atoms with Gasteiger partial charge in [-0.2, -0.15) is 0 Å². The highest BCUT2D eigenvalue weighted by Crippen LogP contribution is 2.17. The van der Waals surface area contributed by atoms with Gasteiger partial charge >= 0.3 is 0 Å². The van der Waals surface area contributed by atoms with Crippen molar-refractivity contribution in [2.75, 3.05) is 6.61 Å². The minimum absolute atomic E-state index is 0.811. The maximum Gasteiger partial charge on any atom is 0.119 e. The van der Waals surface area contributed by atoms with Crippen molar-refractivity contribution in [1.29, 1.82) is 0 Å². The second kappa shape index (κ2) is 14.8. The van der Waals surface area contributed by atoms with E-state index in [2.05, 4.69) is 55.2 Å². The largest absolute Gasteiger partial charge is 0.494 e. The molecule has 0 aliphatic carbocycles. The van der Waals surface area contributed by atoms with Crippen LogP contribution in [0.15, 0.2) is 53.5 Å². The highest BCUT2D eigenvalue weighted by Gasteiger charge is 1.97. The highest BCUT2D eigenvalue weighted by molar-refractivity contribution is 5.82. The smallest absolute Gasteiger partial charge is 0.119 e. The number of aryl methyl sites for hydroxylation is 1. The van der Waals surface area contributed by atoms with E-state index >= 15 is 0 Å². The van der Waals surface area contributed by atoms with E-state index in [1.54, 1.807) is 0 Å². The van der Waals surface area contributed by atoms with Crippen molar-refractivity contribution in [3.8, 4) is 5.75 Å². The summed E-state index contributed by atoms with van der Waals surface area (Å²) in [6.45, 7) is 5.32. The molecular formula is C27H39NO. The Bertz CT molecular complexity index is 673. The van der Waals surface area contributed by atoms with Crippen LogP contribution in [0.1, 0.15) is 89.2 Å². The van der Waals surface area contributed by atoms with Crippen molar-refractivity contribution in [2.45, 2.75) is 84.5 Å². The maximum absolute atomic E-state index is 5.86. The molecule has 0 saturated heterocycles. The molecule has 2 nitrogen and oxygen atoms in total. The van der Waals surface area contributed by atoms with E-state index in [-0.39, 0.29) is 0 Å². The number of ether oxygens (including phenoxy) is 1. The summed E-state index contributed by atoms with van der Waals surface area (Å²) in [7, 11) is 0. The molecule has 0 N–H and O–H groups in total. The lowest BCUT2D eigenvalue weighted by molar-refractivity contribution is 0.304. The van der Waals surface area contributed by atoms with Crippen LogP contribution in [0.5, 0.6) is 5.75 Å². The molecule has 0 bridgehead atoms. The summed E-state index contributed by atoms with van der Waals surface area (Å²) < 4.78 is 5.86. The van der Waals surface area contributed by atoms with E-state index in [9.17, 15) is 0 Å². The van der Waals surface area contributed by atoms with Gasteiger partial charge in [0.25, 0.3) is 0 Å². The van der Waals surface area contributed by atoms with Crippen molar-refractivity contribution in [1.82, 2.24) is 0 Å². The van der Waals surface area contributed by atoms with Gasteiger partial charge in [-0.25, -0.2) is 0 Å². The van der Waals surface area contributed by atoms with Crippen LogP contribution in [-0.4, -0.2) is 12.8 Å². The Balaban J connectivity index is 1.67. The molecule has 158 valence electrons. The molecule has 0 atom stereocenters. The lowest BCUT2D eigenvalue weighted by Crippen LogP contribution is -1.97. The van der Waals surface area contributed by atoms with Gasteiger partial charge in [0.15, 0.2) is 0 Å². The summed E-state index contributed by atoms with van der Waals surface area (Å²) in [5, 5.41) is 0. The fourth-order valence-electron chi connectivity index (χ4n) is 3.38. The number of benzene rings is 2. The Morgan fingerprint density at radius 2 is 1.31 bits per heavy atom. The highest BCUT2D eigenvalue weighted by atomic mass is 16.5. The third kappa shape index (κ3) is 10.3. The Labute approximate surface area is 178 Å². The fourth-order valence-corrected chi connectivity index (χ4v) is 3.38. The van der Waals surface area contributed by atoms with Gasteiger partial charge in [-0.15, -0.1) is 0 Å². The molecule has 0 saturated carbocycles. The number of unbranched alkanes of at least 4 members (excludes halogenated alkanes) is 8. The van der Waals surface area contributed by atoms with E-state index < -0.39 is 0 Å². The van der Waals surface area contributed by atoms with Gasteiger partial charge < -0.3 is 4.74 Å². The first kappa shape index (κ1) is 23.2. The fraction of sp³-hybridized carbons (Fsp3) is 0.519. The van der Waals surface area contributed by atoms with Gasteiger partial charge in [-0.05, 0) is 66.8 Å². The third-order valence-electron chi connectivity index (χ3n) is 5.26. The van der Waals surface area contributed by atoms with Gasteiger partial charge in [-0.1, -0.05) is 77.3 Å². The summed E-state index contributed by atoms with van der Waals surface area (Å²) in [4.78, 5) is 4.59. The van der Waals surface area contributed by atoms with Crippen molar-refractivity contribution in [2.24, 2.45) is 4.99 Å². The van der Waals surface area contributed by atoms with Gasteiger partial charge in [0.05, 0.1) is 12.3 Å². The van der Waals surface area contributed by atoms with Gasteiger partial charge in [-0.3, -0.25) is 4.99 Å². The van der Waals surface area contributed by atoms with Gasteiger partial charge in [0.1, 0.15) is 5.75 Å². The molecule has 0 aliphatic rings. The van der Waals surface area contributed by atoms with E-state index in [0.29, 0.717) is 0 Å². The first-order chi connectivity index (χ1) is 14.3. The molecular weight excluding hydrogens is 354 g/mol. The first-order valence-corrected chi connectivity index (χ1v) is 11.7. The van der Waals surface area contributed by atoms with Crippen LogP contribution in [0.4, 0.5) is 5.69 Å². The predicted molar refractivity (Wildman–Crippen MR) is 127 cm³/mol. The lowest BCUT2D eigenvalue weighted by Gasteiger charge is -2.06. The van der Waals surface area contributed by atoms with Crippen LogP contribution < -0.4 is 4.74 Å². The standard InChI is InChI=1S/C27H39NO/c1-3-5-7-8-9-10-12-22-29-27-20-16-25(17-21-27)23-28-26-18-14-24(15-19-26)13-11-6-4-2/h14-21,23H,3-13,22H2,1-2H3. The van der Waals surface area contributed by atoms with Crippen molar-refractivity contribution in [3.05, 3.63) is 59.7 Å². The molecule has 2 aromatic carbocycles. The molecule has 0 fully saturated rings. The minimum atomic E-state index is 0.811. The number of nitrogens with zero attached hydrogens (tertiary/aromatic N) is 1. The molecule has 2 aromatic rings. The number of hydrogen-bond donors (Lipinski definition) is 0. The molecule has 0 amide bonds. The summed E-state index contributed by atoms with van der Waals surface area (Å²) in [6.07, 6.45) is 16.1. The second-order valence-electron chi connectivity index (χ2n) is 7.92. The Morgan fingerprint density at radius 3 is 2.00 bits per heavy atom. The van der Waals surface area contributed by atoms with Crippen molar-refractivity contribution >= 4 is 11.9 Å². The Hall–Kier alpha value is -2.09. The molecule has 0 unspecified atom stereocenters. The van der Waals surface area contributed by atoms with Crippen molar-refractivity contribution < 1.29 is 4.74 Å². The molecule has 0 spiro atoms. The first-order valence-electron chi connectivity index (χ1n) is 11.7. The quantitative estimate of drug-likeness (QED) is 0.220. The lowest BCUT2D eigenvalue weighted by atomic mass is 10.1. The molecule has 2 heteroatoms. The second-order valence-corrected chi connectivity index (χ2v) is 7.92. The molecule has 0 radical (unpaired) electrons. The van der Waals surface area contributed by atoms with Crippen LogP contribution in [0.3, 0.4) is 0 Å². The van der Waals surface area contributed by atoms with Crippen molar-refractivity contribution in [3.63, 3.8) is 0 Å². The van der Waals surface area contributed by atoms with Gasteiger partial charge in [0, 0.05) is 6.21 Å². The molecule has 2 rings (SSSR count). The zero-order chi connectivity index (χ0) is 20.6. The summed E-state index contributed by atoms with van der Waals surface area (Å²) >= 11 is 0. The Kier molecular flexibility index (Phi) is 11.9. The normalized spacial score (nSPS) is 11.2. The molecule has 0 heterocycles. The van der Waals surface area contributed by atoms with Gasteiger partial charge in [0.2, 0.25) is 0 Å². The number of aliphatic imine (C=N–C) groups is 1. The molecule has 29 heavy (non-hydrogen) atoms. The third-order valence-corrected chi connectivity index (χ3v) is 5.26. The van der Waals surface area contributed by atoms with E-state index in [0.717, 1.165) is 36.4 Å². The van der Waals surface area contributed by atoms with Crippen LogP contribution in [0, 0.1) is 0 Å². The monoisotopic (exact) mass is 393 g/mol. The van der Waals surface area contributed by atoms with Crippen LogP contribution in [0.2, 0.25) is 0 Å². The zero-order valence-corrected chi connectivity index (χ0v) is 18.5. The zero-order valence-electron chi connectivity index (χ0n) is 18.5. The SMILES string of the molecule is CCCCCCCCCOc1ccc(C=Nc2ccc(CCCCC)cc2)cc1. The Morgan fingerprint density at radius 1 is 0.690 bits per heavy atom. The predicted octanol–water partition coefficient (Wildman–Crippen LogP) is 8.30. The number of hydrogen-bond acceptors (Lipinski definition) is 2. The van der Waals surface area contributed by atoms with E-state index in [1.165, 1.54) is 63.4 Å². The van der Waals surface area contributed by atoms with Crippen LogP contribution in [-0.2, 0) is 6.42 Å². The summed E-state index contributed by atoms with van der Waals surface area (Å²) in [6, 6.07) is 16.8. The average molecular weight is 394 g/mol. The van der Waals surface area contributed by atoms with E-state index in [1.807, 2.05) is 18.3 Å². The summed E-state index contributed by atoms with van der Waals surface area (Å²) in [5.41, 5.74) is 3.50. The summed E-state index contributed by atoms with van der Waals surface area (Å²) in [5.74, 6) is 0.949. The topological polar surface area (TPSA) is 21.6 Å². The van der Waals surface area contributed by atoms with Crippen LogP contribution >= 0.6 is 0 Å². The van der Waals surface area contributed by atoms with Crippen LogP contribution in [0.25, 0.3) is 0 Å². The number of rotatable bonds is 15. The minimum Gasteiger partial charge on any atom is -0.494 e. The molecule has 0 aromatic heterocycles. The van der Waals surface area contributed by atoms with E-state index in [4.69, 9.17) is 4.74 Å². The maximum atomic E-state index is 5.86. The molecule has 0 aliphatic heterocycles.